The third kappa shape index (κ3) is 10.1. The quantitative estimate of drug-likeness (QED) is 0.490. The number of primary amides is 1. The summed E-state index contributed by atoms with van der Waals surface area (Å²) in [6.45, 7) is 2.11. The molecule has 6 heteroatoms. The van der Waals surface area contributed by atoms with Gasteiger partial charge in [0.2, 0.25) is 11.8 Å². The van der Waals surface area contributed by atoms with Crippen LogP contribution in [-0.2, 0) is 14.4 Å². The molecule has 2 amide bonds. The molecular weight excluding hydrogens is 248 g/mol. The van der Waals surface area contributed by atoms with E-state index in [1.807, 2.05) is 0 Å². The molecule has 0 aromatic carbocycles. The van der Waals surface area contributed by atoms with Gasteiger partial charge in [-0.25, -0.2) is 4.79 Å². The lowest BCUT2D eigenvalue weighted by Crippen LogP contribution is -2.41. The maximum atomic E-state index is 11.5. The molecule has 0 saturated carbocycles. The summed E-state index contributed by atoms with van der Waals surface area (Å²) in [5, 5.41) is 11.3. The summed E-state index contributed by atoms with van der Waals surface area (Å²) in [7, 11) is 0. The maximum Gasteiger partial charge on any atom is 0.326 e. The van der Waals surface area contributed by atoms with E-state index in [0.717, 1.165) is 32.1 Å². The van der Waals surface area contributed by atoms with Crippen LogP contribution in [0.5, 0.6) is 0 Å². The van der Waals surface area contributed by atoms with Crippen molar-refractivity contribution in [3.8, 4) is 0 Å². The molecule has 0 saturated heterocycles. The van der Waals surface area contributed by atoms with Gasteiger partial charge in [0.1, 0.15) is 6.04 Å². The van der Waals surface area contributed by atoms with Gasteiger partial charge in [-0.2, -0.15) is 0 Å². The van der Waals surface area contributed by atoms with Crippen molar-refractivity contribution in [2.45, 2.75) is 64.3 Å². The monoisotopic (exact) mass is 272 g/mol. The minimum atomic E-state index is -1.14. The van der Waals surface area contributed by atoms with Crippen molar-refractivity contribution in [3.05, 3.63) is 0 Å². The molecule has 0 bridgehead atoms. The fourth-order valence-electron chi connectivity index (χ4n) is 1.70. The average molecular weight is 272 g/mol. The number of carbonyl (C=O) groups excluding carboxylic acids is 2. The maximum absolute atomic E-state index is 11.5. The highest BCUT2D eigenvalue weighted by Crippen LogP contribution is 2.05. The standard InChI is InChI=1S/C13H24N2O4/c1-2-3-4-5-6-7-12(17)15-10(13(18)19)8-9-11(14)16/h10H,2-9H2,1H3,(H2,14,16)(H,15,17)(H,18,19)/t10-/m0/s1. The summed E-state index contributed by atoms with van der Waals surface area (Å²) in [6, 6.07) is -1.03. The van der Waals surface area contributed by atoms with Crippen LogP contribution in [0.1, 0.15) is 58.3 Å². The van der Waals surface area contributed by atoms with Gasteiger partial charge in [-0.05, 0) is 12.8 Å². The number of amides is 2. The van der Waals surface area contributed by atoms with Crippen LogP contribution in [-0.4, -0.2) is 28.9 Å². The van der Waals surface area contributed by atoms with Crippen molar-refractivity contribution in [2.75, 3.05) is 0 Å². The number of aliphatic carboxylic acids is 1. The Hall–Kier alpha value is -1.59. The Labute approximate surface area is 113 Å². The largest absolute Gasteiger partial charge is 0.480 e. The molecule has 0 aromatic rings. The molecule has 0 aliphatic rings. The average Bonchev–Trinajstić information content (AvgIpc) is 2.33. The van der Waals surface area contributed by atoms with E-state index < -0.39 is 17.9 Å². The number of carbonyl (C=O) groups is 3. The smallest absolute Gasteiger partial charge is 0.326 e. The van der Waals surface area contributed by atoms with Crippen LogP contribution in [0.3, 0.4) is 0 Å². The van der Waals surface area contributed by atoms with Gasteiger partial charge in [0.15, 0.2) is 0 Å². The Balaban J connectivity index is 3.90. The number of hydrogen-bond acceptors (Lipinski definition) is 3. The normalized spacial score (nSPS) is 11.8. The van der Waals surface area contributed by atoms with Gasteiger partial charge in [0.25, 0.3) is 0 Å². The van der Waals surface area contributed by atoms with E-state index in [0.29, 0.717) is 6.42 Å². The molecule has 0 fully saturated rings. The van der Waals surface area contributed by atoms with E-state index in [2.05, 4.69) is 12.2 Å². The molecule has 0 unspecified atom stereocenters. The van der Waals surface area contributed by atoms with Gasteiger partial charge in [0.05, 0.1) is 0 Å². The predicted octanol–water partition coefficient (Wildman–Crippen LogP) is 1.18. The third-order valence-corrected chi connectivity index (χ3v) is 2.82. The van der Waals surface area contributed by atoms with Crippen molar-refractivity contribution in [1.82, 2.24) is 5.32 Å². The van der Waals surface area contributed by atoms with Crippen LogP contribution in [0.15, 0.2) is 0 Å². The van der Waals surface area contributed by atoms with Crippen molar-refractivity contribution in [3.63, 3.8) is 0 Å². The van der Waals surface area contributed by atoms with E-state index >= 15 is 0 Å². The molecule has 0 spiro atoms. The number of nitrogens with two attached hydrogens (primary N) is 1. The highest BCUT2D eigenvalue weighted by molar-refractivity contribution is 5.84. The van der Waals surface area contributed by atoms with Crippen molar-refractivity contribution in [1.29, 1.82) is 0 Å². The third-order valence-electron chi connectivity index (χ3n) is 2.82. The molecule has 19 heavy (non-hydrogen) atoms. The molecule has 6 nitrogen and oxygen atoms in total. The van der Waals surface area contributed by atoms with E-state index in [-0.39, 0.29) is 18.7 Å². The van der Waals surface area contributed by atoms with E-state index in [9.17, 15) is 14.4 Å². The fourth-order valence-corrected chi connectivity index (χ4v) is 1.70. The van der Waals surface area contributed by atoms with E-state index in [1.54, 1.807) is 0 Å². The zero-order valence-corrected chi connectivity index (χ0v) is 11.5. The molecule has 0 aromatic heterocycles. The fraction of sp³-hybridized carbons (Fsp3) is 0.769. The molecular formula is C13H24N2O4. The Morgan fingerprint density at radius 3 is 2.26 bits per heavy atom. The first-order chi connectivity index (χ1) is 8.97. The molecule has 0 radical (unpaired) electrons. The number of rotatable bonds is 11. The van der Waals surface area contributed by atoms with Gasteiger partial charge in [-0.15, -0.1) is 0 Å². The van der Waals surface area contributed by atoms with Crippen molar-refractivity contribution < 1.29 is 19.5 Å². The summed E-state index contributed by atoms with van der Waals surface area (Å²) in [6.07, 6.45) is 5.42. The van der Waals surface area contributed by atoms with Crippen LogP contribution in [0.25, 0.3) is 0 Å². The second-order valence-corrected chi connectivity index (χ2v) is 4.63. The first kappa shape index (κ1) is 17.4. The SMILES string of the molecule is CCCCCCCC(=O)N[C@@H](CCC(N)=O)C(=O)O. The van der Waals surface area contributed by atoms with Crippen LogP contribution >= 0.6 is 0 Å². The number of hydrogen-bond donors (Lipinski definition) is 3. The summed E-state index contributed by atoms with van der Waals surface area (Å²) in [4.78, 5) is 33.0. The Bertz CT molecular complexity index is 305. The second-order valence-electron chi connectivity index (χ2n) is 4.63. The predicted molar refractivity (Wildman–Crippen MR) is 71.4 cm³/mol. The second kappa shape index (κ2) is 10.3. The molecule has 0 rings (SSSR count). The van der Waals surface area contributed by atoms with Gasteiger partial charge in [0, 0.05) is 12.8 Å². The van der Waals surface area contributed by atoms with Gasteiger partial charge >= 0.3 is 5.97 Å². The highest BCUT2D eigenvalue weighted by Gasteiger charge is 2.19. The number of nitrogens with one attached hydrogen (secondary N) is 1. The van der Waals surface area contributed by atoms with Gasteiger partial charge in [-0.1, -0.05) is 32.6 Å². The number of unbranched alkanes of at least 4 members (excludes halogenated alkanes) is 4. The highest BCUT2D eigenvalue weighted by atomic mass is 16.4. The lowest BCUT2D eigenvalue weighted by Gasteiger charge is -2.13. The summed E-state index contributed by atoms with van der Waals surface area (Å²) in [5.41, 5.74) is 4.95. The minimum Gasteiger partial charge on any atom is -0.480 e. The number of carboxylic acid groups (broad SMARTS) is 1. The molecule has 1 atom stereocenters. The van der Waals surface area contributed by atoms with Crippen molar-refractivity contribution in [2.24, 2.45) is 5.73 Å². The first-order valence-electron chi connectivity index (χ1n) is 6.77. The molecule has 110 valence electrons. The Morgan fingerprint density at radius 2 is 1.74 bits per heavy atom. The lowest BCUT2D eigenvalue weighted by atomic mass is 10.1. The number of carboxylic acids is 1. The van der Waals surface area contributed by atoms with E-state index in [1.165, 1.54) is 0 Å². The summed E-state index contributed by atoms with van der Waals surface area (Å²) in [5.74, 6) is -1.99. The topological polar surface area (TPSA) is 109 Å². The summed E-state index contributed by atoms with van der Waals surface area (Å²) >= 11 is 0. The molecule has 0 heterocycles. The summed E-state index contributed by atoms with van der Waals surface area (Å²) < 4.78 is 0. The molecule has 0 aliphatic carbocycles. The van der Waals surface area contributed by atoms with E-state index in [4.69, 9.17) is 10.8 Å². The zero-order valence-electron chi connectivity index (χ0n) is 11.5. The van der Waals surface area contributed by atoms with Crippen molar-refractivity contribution >= 4 is 17.8 Å². The van der Waals surface area contributed by atoms with Gasteiger partial charge in [-0.3, -0.25) is 9.59 Å². The Morgan fingerprint density at radius 1 is 1.11 bits per heavy atom. The van der Waals surface area contributed by atoms with Crippen LogP contribution in [0, 0.1) is 0 Å². The van der Waals surface area contributed by atoms with Crippen LogP contribution in [0.4, 0.5) is 0 Å². The van der Waals surface area contributed by atoms with Gasteiger partial charge < -0.3 is 16.2 Å². The first-order valence-corrected chi connectivity index (χ1v) is 6.77. The zero-order chi connectivity index (χ0) is 14.7. The Kier molecular flexibility index (Phi) is 9.48. The van der Waals surface area contributed by atoms with Crippen LogP contribution < -0.4 is 11.1 Å². The van der Waals surface area contributed by atoms with Crippen LogP contribution in [0.2, 0.25) is 0 Å². The lowest BCUT2D eigenvalue weighted by molar-refractivity contribution is -0.142. The molecule has 4 N–H and O–H groups in total. The molecule has 0 aliphatic heterocycles. The minimum absolute atomic E-state index is 0.0340.